The van der Waals surface area contributed by atoms with Crippen LogP contribution in [-0.2, 0) is 22.6 Å². The number of rotatable bonds is 8. The Morgan fingerprint density at radius 2 is 2.10 bits per heavy atom. The van der Waals surface area contributed by atoms with Crippen LogP contribution in [0, 0.1) is 5.82 Å². The van der Waals surface area contributed by atoms with Crippen LogP contribution in [0.25, 0.3) is 0 Å². The van der Waals surface area contributed by atoms with Crippen molar-refractivity contribution in [3.8, 4) is 0 Å². The van der Waals surface area contributed by atoms with Gasteiger partial charge in [-0.2, -0.15) is 5.10 Å². The normalized spacial score (nSPS) is 15.6. The summed E-state index contributed by atoms with van der Waals surface area (Å²) in [4.78, 5) is 26.8. The molecule has 3 rings (SSSR count). The van der Waals surface area contributed by atoms with Gasteiger partial charge in [-0.05, 0) is 51.1 Å². The minimum atomic E-state index is -0.379. The van der Waals surface area contributed by atoms with Crippen LogP contribution >= 0.6 is 0 Å². The number of nitrogens with zero attached hydrogens (tertiary/aromatic N) is 4. The topological polar surface area (TPSA) is 81.4 Å². The number of halogens is 1. The summed E-state index contributed by atoms with van der Waals surface area (Å²) in [6.45, 7) is 5.14. The molecule has 29 heavy (non-hydrogen) atoms. The van der Waals surface area contributed by atoms with E-state index in [1.54, 1.807) is 23.8 Å². The molecule has 0 unspecified atom stereocenters. The Morgan fingerprint density at radius 3 is 2.76 bits per heavy atom. The van der Waals surface area contributed by atoms with Gasteiger partial charge in [0.2, 0.25) is 5.91 Å². The Balaban J connectivity index is 1.56. The first-order chi connectivity index (χ1) is 14.0. The second kappa shape index (κ2) is 9.80. The number of hydrogen-bond acceptors (Lipinski definition) is 5. The van der Waals surface area contributed by atoms with Gasteiger partial charge in [-0.25, -0.2) is 13.9 Å². The van der Waals surface area contributed by atoms with Crippen LogP contribution in [-0.4, -0.2) is 58.5 Å². The number of carbonyl (C=O) groups excluding carboxylic acids is 1. The molecule has 0 saturated carbocycles. The maximum absolute atomic E-state index is 13.2. The second-order valence-electron chi connectivity index (χ2n) is 7.21. The molecule has 2 aromatic rings. The summed E-state index contributed by atoms with van der Waals surface area (Å²) in [5, 5.41) is 7.27. The molecule has 1 amide bonds. The Hall–Kier alpha value is -2.52. The van der Waals surface area contributed by atoms with Crippen LogP contribution in [0.5, 0.6) is 0 Å². The summed E-state index contributed by atoms with van der Waals surface area (Å²) in [6.07, 6.45) is 1.65. The first kappa shape index (κ1) is 21.2. The molecule has 0 aliphatic carbocycles. The number of carbonyl (C=O) groups is 1. The predicted octanol–water partition coefficient (Wildman–Crippen LogP) is 1.67. The number of methoxy groups -OCH3 is 1. The maximum atomic E-state index is 13.2. The molecule has 0 bridgehead atoms. The summed E-state index contributed by atoms with van der Waals surface area (Å²) in [6, 6.07) is 5.87. The summed E-state index contributed by atoms with van der Waals surface area (Å²) in [5.41, 5.74) is 0.356. The van der Waals surface area contributed by atoms with Gasteiger partial charge in [0.05, 0.1) is 19.7 Å². The van der Waals surface area contributed by atoms with E-state index in [2.05, 4.69) is 15.3 Å². The third kappa shape index (κ3) is 5.30. The summed E-state index contributed by atoms with van der Waals surface area (Å²) >= 11 is 0. The van der Waals surface area contributed by atoms with Crippen molar-refractivity contribution in [2.45, 2.75) is 38.8 Å². The SMILES string of the molecule is CCn1c(C2CCN(CC(=O)Nc3cccc(F)c3)CC2)nn(CCOC)c1=O. The monoisotopic (exact) mass is 405 g/mol. The molecular weight excluding hydrogens is 377 g/mol. The van der Waals surface area contributed by atoms with Crippen LogP contribution in [0.3, 0.4) is 0 Å². The lowest BCUT2D eigenvalue weighted by Crippen LogP contribution is -2.39. The molecule has 1 aromatic heterocycles. The van der Waals surface area contributed by atoms with Crippen LogP contribution in [0.15, 0.2) is 29.1 Å². The van der Waals surface area contributed by atoms with Gasteiger partial charge in [-0.3, -0.25) is 14.3 Å². The minimum Gasteiger partial charge on any atom is -0.383 e. The quantitative estimate of drug-likeness (QED) is 0.723. The Kier molecular flexibility index (Phi) is 7.16. The van der Waals surface area contributed by atoms with Gasteiger partial charge in [0, 0.05) is 25.3 Å². The molecule has 0 atom stereocenters. The molecule has 0 radical (unpaired) electrons. The molecule has 9 heteroatoms. The molecular formula is C20H28FN5O3. The highest BCUT2D eigenvalue weighted by atomic mass is 19.1. The lowest BCUT2D eigenvalue weighted by molar-refractivity contribution is -0.117. The van der Waals surface area contributed by atoms with Crippen molar-refractivity contribution in [3.05, 3.63) is 46.4 Å². The minimum absolute atomic E-state index is 0.101. The molecule has 1 fully saturated rings. The summed E-state index contributed by atoms with van der Waals surface area (Å²) < 4.78 is 21.5. The van der Waals surface area contributed by atoms with Crippen molar-refractivity contribution in [1.82, 2.24) is 19.2 Å². The fourth-order valence-corrected chi connectivity index (χ4v) is 3.70. The van der Waals surface area contributed by atoms with Gasteiger partial charge in [0.25, 0.3) is 0 Å². The van der Waals surface area contributed by atoms with E-state index < -0.39 is 0 Å². The summed E-state index contributed by atoms with van der Waals surface area (Å²) in [7, 11) is 1.60. The van der Waals surface area contributed by atoms with E-state index in [-0.39, 0.29) is 29.9 Å². The van der Waals surface area contributed by atoms with E-state index in [9.17, 15) is 14.0 Å². The average molecular weight is 405 g/mol. The number of benzene rings is 1. The molecule has 1 aliphatic rings. The molecule has 1 aliphatic heterocycles. The molecule has 2 heterocycles. The first-order valence-corrected chi connectivity index (χ1v) is 9.96. The number of anilines is 1. The lowest BCUT2D eigenvalue weighted by atomic mass is 9.96. The van der Waals surface area contributed by atoms with Gasteiger partial charge in [-0.1, -0.05) is 6.07 Å². The smallest absolute Gasteiger partial charge is 0.345 e. The lowest BCUT2D eigenvalue weighted by Gasteiger charge is -2.30. The van der Waals surface area contributed by atoms with Gasteiger partial charge >= 0.3 is 5.69 Å². The zero-order valence-corrected chi connectivity index (χ0v) is 16.9. The number of ether oxygens (including phenoxy) is 1. The fraction of sp³-hybridized carbons (Fsp3) is 0.550. The maximum Gasteiger partial charge on any atom is 0.345 e. The van der Waals surface area contributed by atoms with E-state index >= 15 is 0 Å². The Labute approximate surface area is 169 Å². The summed E-state index contributed by atoms with van der Waals surface area (Å²) in [5.74, 6) is 0.463. The van der Waals surface area contributed by atoms with Gasteiger partial charge < -0.3 is 10.1 Å². The number of likely N-dealkylation sites (tertiary alicyclic amines) is 1. The van der Waals surface area contributed by atoms with Crippen molar-refractivity contribution >= 4 is 11.6 Å². The number of nitrogens with one attached hydrogen (secondary N) is 1. The highest BCUT2D eigenvalue weighted by molar-refractivity contribution is 5.92. The van der Waals surface area contributed by atoms with Gasteiger partial charge in [0.15, 0.2) is 0 Å². The number of aromatic nitrogens is 3. The molecule has 1 N–H and O–H groups in total. The molecule has 8 nitrogen and oxygen atoms in total. The van der Waals surface area contributed by atoms with Crippen LogP contribution < -0.4 is 11.0 Å². The van der Waals surface area contributed by atoms with Crippen molar-refractivity contribution in [1.29, 1.82) is 0 Å². The Morgan fingerprint density at radius 1 is 1.34 bits per heavy atom. The number of piperidine rings is 1. The van der Waals surface area contributed by atoms with Crippen LogP contribution in [0.2, 0.25) is 0 Å². The average Bonchev–Trinajstić information content (AvgIpc) is 3.02. The third-order valence-electron chi connectivity index (χ3n) is 5.20. The molecule has 0 spiro atoms. The van der Waals surface area contributed by atoms with E-state index in [1.165, 1.54) is 16.8 Å². The number of hydrogen-bond donors (Lipinski definition) is 1. The first-order valence-electron chi connectivity index (χ1n) is 9.96. The van der Waals surface area contributed by atoms with Crippen molar-refractivity contribution in [2.24, 2.45) is 0 Å². The van der Waals surface area contributed by atoms with E-state index in [1.807, 2.05) is 6.92 Å². The highest BCUT2D eigenvalue weighted by Gasteiger charge is 2.27. The molecule has 158 valence electrons. The zero-order valence-electron chi connectivity index (χ0n) is 16.9. The fourth-order valence-electron chi connectivity index (χ4n) is 3.70. The second-order valence-corrected chi connectivity index (χ2v) is 7.21. The third-order valence-corrected chi connectivity index (χ3v) is 5.20. The van der Waals surface area contributed by atoms with E-state index in [4.69, 9.17) is 4.74 Å². The Bertz CT molecular complexity index is 886. The van der Waals surface area contributed by atoms with E-state index in [0.29, 0.717) is 25.4 Å². The van der Waals surface area contributed by atoms with Crippen molar-refractivity contribution in [2.75, 3.05) is 38.7 Å². The molecule has 1 aromatic carbocycles. The largest absolute Gasteiger partial charge is 0.383 e. The van der Waals surface area contributed by atoms with Crippen LogP contribution in [0.1, 0.15) is 31.5 Å². The van der Waals surface area contributed by atoms with Gasteiger partial charge in [0.1, 0.15) is 11.6 Å². The van der Waals surface area contributed by atoms with Crippen LogP contribution in [0.4, 0.5) is 10.1 Å². The highest BCUT2D eigenvalue weighted by Crippen LogP contribution is 2.26. The number of amides is 1. The predicted molar refractivity (Wildman–Crippen MR) is 107 cm³/mol. The standard InChI is InChI=1S/C20H28FN5O3/c1-3-25-19(23-26(20(25)28)11-12-29-2)15-7-9-24(10-8-15)14-18(27)22-17-6-4-5-16(21)13-17/h4-6,13,15H,3,7-12,14H2,1-2H3,(H,22,27). The molecule has 1 saturated heterocycles. The van der Waals surface area contributed by atoms with Crippen molar-refractivity contribution < 1.29 is 13.9 Å². The van der Waals surface area contributed by atoms with Gasteiger partial charge in [-0.15, -0.1) is 0 Å². The van der Waals surface area contributed by atoms with Crippen molar-refractivity contribution in [3.63, 3.8) is 0 Å². The van der Waals surface area contributed by atoms with E-state index in [0.717, 1.165) is 31.8 Å². The zero-order chi connectivity index (χ0) is 20.8.